The van der Waals surface area contributed by atoms with Gasteiger partial charge in [-0.2, -0.15) is 0 Å². The average molecular weight is 679 g/mol. The number of cyclic esters (lactones) is 1. The zero-order valence-electron chi connectivity index (χ0n) is 27.6. The fourth-order valence-corrected chi connectivity index (χ4v) is 6.82. The van der Waals surface area contributed by atoms with Crippen LogP contribution in [0.1, 0.15) is 69.6 Å². The van der Waals surface area contributed by atoms with E-state index in [1.807, 2.05) is 48.5 Å². The van der Waals surface area contributed by atoms with Crippen LogP contribution in [0.5, 0.6) is 0 Å². The van der Waals surface area contributed by atoms with Crippen molar-refractivity contribution in [3.05, 3.63) is 65.2 Å². The van der Waals surface area contributed by atoms with Gasteiger partial charge in [0.05, 0.1) is 19.1 Å². The van der Waals surface area contributed by atoms with Gasteiger partial charge in [0.2, 0.25) is 18.2 Å². The summed E-state index contributed by atoms with van der Waals surface area (Å²) in [6.07, 6.45) is 1.09. The number of aliphatic carboxylic acids is 1. The Balaban J connectivity index is 1.36. The number of benzene rings is 2. The predicted molar refractivity (Wildman–Crippen MR) is 176 cm³/mol. The molecule has 3 amide bonds. The fourth-order valence-electron chi connectivity index (χ4n) is 6.82. The first-order valence-corrected chi connectivity index (χ1v) is 16.5. The SMILES string of the molecule is CC(C)(C)[C@@H]1NC(=O)OCCCC/C=C/c2ccc3c(c2)/C(=N/O[C@@H]2C[C@@H](C(=O)N[C@@]4(C(=O)O)C[C@H]4C(F)F)N(C2)C1=O)c1ccccc1-3. The molecule has 13 heteroatoms. The number of allylic oxidation sites excluding steroid dienone is 1. The maximum Gasteiger partial charge on any atom is 0.407 e. The Morgan fingerprint density at radius 2 is 1.82 bits per heavy atom. The molecule has 4 aliphatic rings. The van der Waals surface area contributed by atoms with Gasteiger partial charge in [0.1, 0.15) is 29.4 Å². The lowest BCUT2D eigenvalue weighted by Gasteiger charge is -2.35. The summed E-state index contributed by atoms with van der Waals surface area (Å²) in [5.74, 6) is -4.67. The number of fused-ring (bicyclic) bond motifs is 6. The number of ether oxygens (including phenoxy) is 1. The maximum atomic E-state index is 14.2. The van der Waals surface area contributed by atoms with Crippen molar-refractivity contribution in [3.63, 3.8) is 0 Å². The Hall–Kier alpha value is -4.81. The molecule has 260 valence electrons. The number of amides is 3. The fraction of sp³-hybridized carbons (Fsp3) is 0.472. The summed E-state index contributed by atoms with van der Waals surface area (Å²) in [6, 6.07) is 11.4. The second-order valence-electron chi connectivity index (χ2n) is 14.1. The number of nitrogens with one attached hydrogen (secondary N) is 2. The molecule has 6 rings (SSSR count). The first-order valence-electron chi connectivity index (χ1n) is 16.5. The number of rotatable bonds is 4. The molecule has 5 atom stereocenters. The lowest BCUT2D eigenvalue weighted by atomic mass is 9.85. The monoisotopic (exact) mass is 678 g/mol. The number of carboxylic acid groups (broad SMARTS) is 1. The number of halogens is 2. The molecule has 2 aromatic carbocycles. The van der Waals surface area contributed by atoms with Crippen LogP contribution in [-0.2, 0) is 24.0 Å². The maximum absolute atomic E-state index is 14.2. The first-order chi connectivity index (χ1) is 23.3. The van der Waals surface area contributed by atoms with E-state index >= 15 is 0 Å². The summed E-state index contributed by atoms with van der Waals surface area (Å²) in [5, 5.41) is 19.3. The van der Waals surface area contributed by atoms with Crippen LogP contribution < -0.4 is 10.6 Å². The van der Waals surface area contributed by atoms with Crippen molar-refractivity contribution in [2.45, 2.75) is 83.0 Å². The predicted octanol–water partition coefficient (Wildman–Crippen LogP) is 4.97. The van der Waals surface area contributed by atoms with E-state index in [1.54, 1.807) is 20.8 Å². The normalized spacial score (nSPS) is 28.7. The van der Waals surface area contributed by atoms with Crippen LogP contribution in [0.15, 0.2) is 53.7 Å². The summed E-state index contributed by atoms with van der Waals surface area (Å²) in [5.41, 5.74) is 2.24. The summed E-state index contributed by atoms with van der Waals surface area (Å²) in [4.78, 5) is 60.2. The topological polar surface area (TPSA) is 147 Å². The molecule has 0 radical (unpaired) electrons. The second-order valence-corrected chi connectivity index (χ2v) is 14.1. The van der Waals surface area contributed by atoms with Gasteiger partial charge < -0.3 is 30.2 Å². The molecule has 1 saturated heterocycles. The molecular formula is C36H40F2N4O7. The molecule has 49 heavy (non-hydrogen) atoms. The quantitative estimate of drug-likeness (QED) is 0.353. The molecule has 11 nitrogen and oxygen atoms in total. The van der Waals surface area contributed by atoms with Gasteiger partial charge in [-0.15, -0.1) is 0 Å². The molecular weight excluding hydrogens is 638 g/mol. The van der Waals surface area contributed by atoms with Crippen LogP contribution >= 0.6 is 0 Å². The Bertz CT molecular complexity index is 1720. The number of hydrogen-bond acceptors (Lipinski definition) is 7. The van der Waals surface area contributed by atoms with Crippen LogP contribution in [-0.4, -0.2) is 82.9 Å². The summed E-state index contributed by atoms with van der Waals surface area (Å²) in [6.45, 7) is 5.23. The number of hydrogen-bond donors (Lipinski definition) is 3. The Morgan fingerprint density at radius 1 is 1.08 bits per heavy atom. The number of carbonyl (C=O) groups is 4. The molecule has 3 N–H and O–H groups in total. The molecule has 0 unspecified atom stereocenters. The van der Waals surface area contributed by atoms with Crippen molar-refractivity contribution in [3.8, 4) is 11.1 Å². The number of nitrogens with zero attached hydrogens (tertiary/aromatic N) is 2. The molecule has 2 aliphatic carbocycles. The van der Waals surface area contributed by atoms with E-state index in [0.29, 0.717) is 12.1 Å². The third kappa shape index (κ3) is 6.75. The van der Waals surface area contributed by atoms with E-state index in [4.69, 9.17) is 9.57 Å². The molecule has 2 aliphatic heterocycles. The van der Waals surface area contributed by atoms with Crippen molar-refractivity contribution >= 4 is 35.7 Å². The van der Waals surface area contributed by atoms with Crippen LogP contribution in [0.3, 0.4) is 0 Å². The van der Waals surface area contributed by atoms with Gasteiger partial charge in [-0.1, -0.05) is 74.5 Å². The summed E-state index contributed by atoms with van der Waals surface area (Å²) >= 11 is 0. The molecule has 2 fully saturated rings. The highest BCUT2D eigenvalue weighted by molar-refractivity contribution is 6.24. The number of carboxylic acids is 1. The van der Waals surface area contributed by atoms with Crippen LogP contribution in [0.4, 0.5) is 13.6 Å². The van der Waals surface area contributed by atoms with Crippen molar-refractivity contribution in [2.75, 3.05) is 13.2 Å². The molecule has 4 bridgehead atoms. The number of carbonyl (C=O) groups excluding carboxylic acids is 3. The number of oxime groups is 1. The summed E-state index contributed by atoms with van der Waals surface area (Å²) in [7, 11) is 0. The molecule has 1 saturated carbocycles. The first kappa shape index (κ1) is 34.1. The van der Waals surface area contributed by atoms with E-state index in [2.05, 4.69) is 21.9 Å². The van der Waals surface area contributed by atoms with E-state index in [-0.39, 0.29) is 19.6 Å². The third-order valence-electron chi connectivity index (χ3n) is 9.64. The minimum absolute atomic E-state index is 0.0952. The lowest BCUT2D eigenvalue weighted by Crippen LogP contribution is -2.59. The average Bonchev–Trinajstić information content (AvgIpc) is 3.50. The lowest BCUT2D eigenvalue weighted by molar-refractivity contribution is -0.147. The van der Waals surface area contributed by atoms with Crippen LogP contribution in [0, 0.1) is 11.3 Å². The van der Waals surface area contributed by atoms with Crippen molar-refractivity contribution in [1.82, 2.24) is 15.5 Å². The molecule has 0 aromatic heterocycles. The zero-order valence-corrected chi connectivity index (χ0v) is 27.6. The highest BCUT2D eigenvalue weighted by atomic mass is 19.3. The Morgan fingerprint density at radius 3 is 2.51 bits per heavy atom. The van der Waals surface area contributed by atoms with E-state index in [1.165, 1.54) is 4.90 Å². The van der Waals surface area contributed by atoms with Crippen molar-refractivity contribution < 1.29 is 42.6 Å². The minimum Gasteiger partial charge on any atom is -0.479 e. The van der Waals surface area contributed by atoms with Crippen molar-refractivity contribution in [1.29, 1.82) is 0 Å². The largest absolute Gasteiger partial charge is 0.479 e. The highest BCUT2D eigenvalue weighted by Crippen LogP contribution is 2.48. The standard InChI is InChI=1S/C36H40F2N4O7/c1-35(2,3)29-32(44)42-19-21(17-27(42)31(43)40-36(33(45)46)18-26(36)30(37)38)49-41-28-24-12-8-7-11-22(24)23-14-13-20(16-25(23)28)10-6-4-5-9-15-48-34(47)39-29/h6-8,10-14,16,21,26-27,29-30H,4-5,9,15,17-19H2,1-3H3,(H,39,47)(H,40,43)(H,45,46)/b10-6+,41-28+/t21-,26+,27+,29-,36+/m1/s1. The summed E-state index contributed by atoms with van der Waals surface area (Å²) < 4.78 is 32.5. The van der Waals surface area contributed by atoms with Gasteiger partial charge in [-0.25, -0.2) is 18.4 Å². The van der Waals surface area contributed by atoms with Crippen LogP contribution in [0.2, 0.25) is 0 Å². The second kappa shape index (κ2) is 13.2. The number of alkyl halides is 2. The minimum atomic E-state index is -2.96. The van der Waals surface area contributed by atoms with Crippen molar-refractivity contribution in [2.24, 2.45) is 16.5 Å². The van der Waals surface area contributed by atoms with Gasteiger partial charge in [0, 0.05) is 17.5 Å². The highest BCUT2D eigenvalue weighted by Gasteiger charge is 2.66. The van der Waals surface area contributed by atoms with Gasteiger partial charge in [-0.05, 0) is 53.9 Å². The van der Waals surface area contributed by atoms with E-state index < -0.39 is 71.8 Å². The van der Waals surface area contributed by atoms with E-state index in [9.17, 15) is 33.1 Å². The smallest absolute Gasteiger partial charge is 0.407 e. The van der Waals surface area contributed by atoms with Gasteiger partial charge in [0.15, 0.2) is 0 Å². The zero-order chi connectivity index (χ0) is 35.1. The Kier molecular flexibility index (Phi) is 9.21. The number of alkyl carbamates (subject to hydrolysis) is 1. The van der Waals surface area contributed by atoms with E-state index in [0.717, 1.165) is 40.7 Å². The Labute approximate surface area is 282 Å². The van der Waals surface area contributed by atoms with Gasteiger partial charge in [-0.3, -0.25) is 9.59 Å². The molecule has 0 spiro atoms. The molecule has 2 heterocycles. The van der Waals surface area contributed by atoms with Crippen LogP contribution in [0.25, 0.3) is 17.2 Å². The van der Waals surface area contributed by atoms with Gasteiger partial charge in [0.25, 0.3) is 0 Å². The molecule has 2 aromatic rings. The van der Waals surface area contributed by atoms with Gasteiger partial charge >= 0.3 is 12.1 Å². The third-order valence-corrected chi connectivity index (χ3v) is 9.64.